The molecule has 154 valence electrons. The SMILES string of the molecule is CN=C(NCc1cnc(CC(C)C)s1)NCC(C)(C)NC(=O)OC(C)(C)C. The summed E-state index contributed by atoms with van der Waals surface area (Å²) in [6.07, 6.45) is 2.48. The molecule has 7 nitrogen and oxygen atoms in total. The highest BCUT2D eigenvalue weighted by Crippen LogP contribution is 2.16. The standard InChI is InChI=1S/C19H35N5O2S/c1-13(2)9-15-21-10-14(27-15)11-22-16(20-8)23-12-19(6,7)24-17(25)26-18(3,4)5/h10,13H,9,11-12H2,1-8H3,(H,24,25)(H2,20,22,23). The summed E-state index contributed by atoms with van der Waals surface area (Å²) in [5, 5.41) is 10.6. The van der Waals surface area contributed by atoms with Crippen LogP contribution >= 0.6 is 11.3 Å². The molecule has 27 heavy (non-hydrogen) atoms. The van der Waals surface area contributed by atoms with Gasteiger partial charge in [0.25, 0.3) is 0 Å². The highest BCUT2D eigenvalue weighted by molar-refractivity contribution is 7.11. The topological polar surface area (TPSA) is 87.6 Å². The Morgan fingerprint density at radius 1 is 1.26 bits per heavy atom. The van der Waals surface area contributed by atoms with E-state index in [-0.39, 0.29) is 0 Å². The third-order valence-electron chi connectivity index (χ3n) is 3.38. The zero-order valence-electron chi connectivity index (χ0n) is 17.9. The van der Waals surface area contributed by atoms with Crippen LogP contribution in [0.5, 0.6) is 0 Å². The van der Waals surface area contributed by atoms with Gasteiger partial charge < -0.3 is 20.7 Å². The number of carbonyl (C=O) groups excluding carboxylic acids is 1. The van der Waals surface area contributed by atoms with Crippen LogP contribution in [0, 0.1) is 5.92 Å². The Morgan fingerprint density at radius 2 is 1.93 bits per heavy atom. The van der Waals surface area contributed by atoms with Gasteiger partial charge in [-0.05, 0) is 40.5 Å². The van der Waals surface area contributed by atoms with Crippen LogP contribution in [0.25, 0.3) is 0 Å². The van der Waals surface area contributed by atoms with Crippen LogP contribution < -0.4 is 16.0 Å². The summed E-state index contributed by atoms with van der Waals surface area (Å²) in [5.41, 5.74) is -1.01. The molecule has 1 aromatic heterocycles. The Morgan fingerprint density at radius 3 is 2.48 bits per heavy atom. The van der Waals surface area contributed by atoms with Crippen LogP contribution in [0.2, 0.25) is 0 Å². The van der Waals surface area contributed by atoms with E-state index in [2.05, 4.69) is 39.8 Å². The van der Waals surface area contributed by atoms with Gasteiger partial charge in [-0.15, -0.1) is 11.3 Å². The summed E-state index contributed by atoms with van der Waals surface area (Å²) in [6.45, 7) is 14.9. The van der Waals surface area contributed by atoms with Gasteiger partial charge in [-0.25, -0.2) is 9.78 Å². The number of hydrogen-bond donors (Lipinski definition) is 3. The number of thiazole rings is 1. The van der Waals surface area contributed by atoms with Crippen LogP contribution in [0.4, 0.5) is 4.79 Å². The Hall–Kier alpha value is -1.83. The third kappa shape index (κ3) is 10.2. The van der Waals surface area contributed by atoms with E-state index in [4.69, 9.17) is 4.74 Å². The molecule has 0 radical (unpaired) electrons. The lowest BCUT2D eigenvalue weighted by atomic mass is 10.1. The number of hydrogen-bond acceptors (Lipinski definition) is 5. The van der Waals surface area contributed by atoms with Gasteiger partial charge in [0.2, 0.25) is 0 Å². The molecule has 0 aliphatic heterocycles. The second kappa shape index (κ2) is 9.92. The number of nitrogens with one attached hydrogen (secondary N) is 3. The number of rotatable bonds is 7. The predicted molar refractivity (Wildman–Crippen MR) is 112 cm³/mol. The van der Waals surface area contributed by atoms with Crippen molar-refractivity contribution in [2.24, 2.45) is 10.9 Å². The number of carbonyl (C=O) groups is 1. The molecular weight excluding hydrogens is 362 g/mol. The maximum atomic E-state index is 12.0. The number of nitrogens with zero attached hydrogens (tertiary/aromatic N) is 2. The Labute approximate surface area is 167 Å². The van der Waals surface area contributed by atoms with Crippen LogP contribution in [0.1, 0.15) is 58.4 Å². The van der Waals surface area contributed by atoms with Crippen molar-refractivity contribution in [2.75, 3.05) is 13.6 Å². The van der Waals surface area contributed by atoms with Gasteiger partial charge in [-0.1, -0.05) is 13.8 Å². The zero-order chi connectivity index (χ0) is 20.7. The van der Waals surface area contributed by atoms with E-state index < -0.39 is 17.2 Å². The maximum absolute atomic E-state index is 12.0. The fourth-order valence-corrected chi connectivity index (χ4v) is 3.27. The molecule has 0 fully saturated rings. The number of aliphatic imine (C=N–C) groups is 1. The van der Waals surface area contributed by atoms with Gasteiger partial charge in [-0.3, -0.25) is 4.99 Å². The summed E-state index contributed by atoms with van der Waals surface area (Å²) in [7, 11) is 1.72. The predicted octanol–water partition coefficient (Wildman–Crippen LogP) is 3.31. The van der Waals surface area contributed by atoms with E-state index >= 15 is 0 Å². The molecule has 0 saturated heterocycles. The van der Waals surface area contributed by atoms with Crippen molar-refractivity contribution in [3.63, 3.8) is 0 Å². The molecule has 1 aromatic rings. The fraction of sp³-hybridized carbons (Fsp3) is 0.737. The quantitative estimate of drug-likeness (QED) is 0.485. The second-order valence-corrected chi connectivity index (χ2v) is 9.81. The van der Waals surface area contributed by atoms with Gasteiger partial charge in [-0.2, -0.15) is 0 Å². The van der Waals surface area contributed by atoms with Crippen molar-refractivity contribution in [1.29, 1.82) is 0 Å². The monoisotopic (exact) mass is 397 g/mol. The van der Waals surface area contributed by atoms with E-state index in [1.54, 1.807) is 18.4 Å². The Bertz CT molecular complexity index is 632. The van der Waals surface area contributed by atoms with E-state index in [1.165, 1.54) is 4.88 Å². The van der Waals surface area contributed by atoms with Crippen LogP contribution in [0.3, 0.4) is 0 Å². The highest BCUT2D eigenvalue weighted by atomic mass is 32.1. The number of amides is 1. The van der Waals surface area contributed by atoms with Crippen molar-refractivity contribution in [3.8, 4) is 0 Å². The average Bonchev–Trinajstić information content (AvgIpc) is 2.91. The minimum Gasteiger partial charge on any atom is -0.444 e. The van der Waals surface area contributed by atoms with Gasteiger partial charge in [0.05, 0.1) is 17.1 Å². The zero-order valence-corrected chi connectivity index (χ0v) is 18.7. The smallest absolute Gasteiger partial charge is 0.408 e. The third-order valence-corrected chi connectivity index (χ3v) is 4.39. The van der Waals surface area contributed by atoms with E-state index in [0.717, 1.165) is 11.4 Å². The Balaban J connectivity index is 2.46. The van der Waals surface area contributed by atoms with Crippen LogP contribution in [-0.2, 0) is 17.7 Å². The van der Waals surface area contributed by atoms with Crippen molar-refractivity contribution in [3.05, 3.63) is 16.1 Å². The average molecular weight is 398 g/mol. The molecule has 8 heteroatoms. The molecule has 0 aliphatic carbocycles. The molecule has 3 N–H and O–H groups in total. The first kappa shape index (κ1) is 23.2. The molecule has 0 bridgehead atoms. The first-order valence-electron chi connectivity index (χ1n) is 9.29. The summed E-state index contributed by atoms with van der Waals surface area (Å²) in [5.74, 6) is 1.28. The molecule has 0 unspecified atom stereocenters. The summed E-state index contributed by atoms with van der Waals surface area (Å²) >= 11 is 1.72. The molecule has 0 spiro atoms. The Kier molecular flexibility index (Phi) is 8.53. The first-order valence-corrected chi connectivity index (χ1v) is 10.1. The molecular formula is C19H35N5O2S. The van der Waals surface area contributed by atoms with Gasteiger partial charge >= 0.3 is 6.09 Å². The summed E-state index contributed by atoms with van der Waals surface area (Å²) in [4.78, 5) is 21.8. The van der Waals surface area contributed by atoms with E-state index in [1.807, 2.05) is 40.8 Å². The minimum absolute atomic E-state index is 0.431. The van der Waals surface area contributed by atoms with Crippen molar-refractivity contribution in [1.82, 2.24) is 20.9 Å². The lowest BCUT2D eigenvalue weighted by Crippen LogP contribution is -2.54. The van der Waals surface area contributed by atoms with E-state index in [0.29, 0.717) is 25.0 Å². The normalized spacial score (nSPS) is 12.9. The van der Waals surface area contributed by atoms with Gasteiger partial charge in [0.1, 0.15) is 5.60 Å². The highest BCUT2D eigenvalue weighted by Gasteiger charge is 2.24. The molecule has 0 atom stereocenters. The van der Waals surface area contributed by atoms with Crippen LogP contribution in [0.15, 0.2) is 11.2 Å². The lowest BCUT2D eigenvalue weighted by Gasteiger charge is -2.29. The molecule has 0 aromatic carbocycles. The number of alkyl carbamates (subject to hydrolysis) is 1. The van der Waals surface area contributed by atoms with E-state index in [9.17, 15) is 4.79 Å². The minimum atomic E-state index is -0.519. The van der Waals surface area contributed by atoms with Crippen molar-refractivity contribution >= 4 is 23.4 Å². The molecule has 0 aliphatic rings. The summed E-state index contributed by atoms with van der Waals surface area (Å²) in [6, 6.07) is 0. The largest absolute Gasteiger partial charge is 0.444 e. The van der Waals surface area contributed by atoms with Gasteiger partial charge in [0.15, 0.2) is 5.96 Å². The molecule has 1 heterocycles. The van der Waals surface area contributed by atoms with Gasteiger partial charge in [0, 0.05) is 31.1 Å². The van der Waals surface area contributed by atoms with Crippen molar-refractivity contribution < 1.29 is 9.53 Å². The lowest BCUT2D eigenvalue weighted by molar-refractivity contribution is 0.0474. The molecule has 0 saturated carbocycles. The first-order chi connectivity index (χ1) is 12.4. The number of aromatic nitrogens is 1. The maximum Gasteiger partial charge on any atom is 0.408 e. The number of ether oxygens (including phenoxy) is 1. The molecule has 1 rings (SSSR count). The fourth-order valence-electron chi connectivity index (χ4n) is 2.19. The number of guanidine groups is 1. The van der Waals surface area contributed by atoms with Crippen molar-refractivity contribution in [2.45, 2.75) is 72.6 Å². The molecule has 1 amide bonds. The summed E-state index contributed by atoms with van der Waals surface area (Å²) < 4.78 is 5.31. The second-order valence-electron chi connectivity index (χ2n) is 8.61. The van der Waals surface area contributed by atoms with Crippen LogP contribution in [-0.4, -0.2) is 41.8 Å².